The maximum absolute atomic E-state index is 11.1. The van der Waals surface area contributed by atoms with Crippen molar-refractivity contribution in [3.05, 3.63) is 33.9 Å². The summed E-state index contributed by atoms with van der Waals surface area (Å²) in [5.41, 5.74) is 1.46. The lowest BCUT2D eigenvalue weighted by Gasteiger charge is -2.19. The number of hydrogen-bond acceptors (Lipinski definition) is 4. The number of benzene rings is 1. The van der Waals surface area contributed by atoms with Crippen molar-refractivity contribution in [2.75, 3.05) is 18.0 Å². The van der Waals surface area contributed by atoms with E-state index in [1.54, 1.807) is 12.1 Å². The molecule has 1 fully saturated rings. The van der Waals surface area contributed by atoms with Gasteiger partial charge in [0.2, 0.25) is 0 Å². The van der Waals surface area contributed by atoms with Gasteiger partial charge in [0, 0.05) is 19.2 Å². The van der Waals surface area contributed by atoms with Crippen LogP contribution in [0.3, 0.4) is 0 Å². The number of rotatable bonds is 3. The van der Waals surface area contributed by atoms with Crippen LogP contribution in [0.4, 0.5) is 11.4 Å². The van der Waals surface area contributed by atoms with Gasteiger partial charge >= 0.3 is 0 Å². The predicted octanol–water partition coefficient (Wildman–Crippen LogP) is 2.18. The molecule has 0 amide bonds. The summed E-state index contributed by atoms with van der Waals surface area (Å²) in [5, 5.41) is 20.2. The van der Waals surface area contributed by atoms with Gasteiger partial charge in [0.15, 0.2) is 0 Å². The molecule has 5 nitrogen and oxygen atoms in total. The van der Waals surface area contributed by atoms with Crippen LogP contribution in [-0.4, -0.2) is 23.1 Å². The van der Waals surface area contributed by atoms with Crippen LogP contribution < -0.4 is 4.90 Å². The van der Waals surface area contributed by atoms with Crippen LogP contribution in [0.15, 0.2) is 18.2 Å². The minimum Gasteiger partial charge on any atom is -0.392 e. The van der Waals surface area contributed by atoms with Gasteiger partial charge in [-0.1, -0.05) is 13.8 Å². The van der Waals surface area contributed by atoms with Gasteiger partial charge in [-0.25, -0.2) is 0 Å². The first kappa shape index (κ1) is 12.8. The van der Waals surface area contributed by atoms with E-state index < -0.39 is 0 Å². The highest BCUT2D eigenvalue weighted by molar-refractivity contribution is 5.65. The molecule has 1 aliphatic rings. The molecule has 1 heterocycles. The monoisotopic (exact) mass is 250 g/mol. The van der Waals surface area contributed by atoms with Crippen molar-refractivity contribution in [2.45, 2.75) is 20.5 Å². The lowest BCUT2D eigenvalue weighted by atomic mass is 10.0. The Morgan fingerprint density at radius 3 is 2.50 bits per heavy atom. The van der Waals surface area contributed by atoms with E-state index >= 15 is 0 Å². The van der Waals surface area contributed by atoms with Crippen LogP contribution in [0.25, 0.3) is 0 Å². The van der Waals surface area contributed by atoms with Crippen LogP contribution in [0.5, 0.6) is 0 Å². The molecule has 0 bridgehead atoms. The van der Waals surface area contributed by atoms with Gasteiger partial charge in [0.1, 0.15) is 5.69 Å². The molecule has 2 atom stereocenters. The van der Waals surface area contributed by atoms with E-state index in [2.05, 4.69) is 13.8 Å². The second kappa shape index (κ2) is 4.94. The SMILES string of the molecule is CC1CN(c2cc(CO)ccc2[N+](=O)[O-])CC1C. The summed E-state index contributed by atoms with van der Waals surface area (Å²) >= 11 is 0. The molecule has 1 saturated heterocycles. The van der Waals surface area contributed by atoms with Crippen LogP contribution in [-0.2, 0) is 6.61 Å². The number of aliphatic hydroxyl groups is 1. The van der Waals surface area contributed by atoms with Gasteiger partial charge in [-0.3, -0.25) is 10.1 Å². The van der Waals surface area contributed by atoms with Gasteiger partial charge in [-0.2, -0.15) is 0 Å². The molecule has 0 saturated carbocycles. The van der Waals surface area contributed by atoms with E-state index in [-0.39, 0.29) is 17.2 Å². The smallest absolute Gasteiger partial charge is 0.292 e. The van der Waals surface area contributed by atoms with Crippen LogP contribution >= 0.6 is 0 Å². The summed E-state index contributed by atoms with van der Waals surface area (Å²) in [5.74, 6) is 1.06. The number of nitro groups is 1. The Balaban J connectivity index is 2.38. The summed E-state index contributed by atoms with van der Waals surface area (Å²) in [6.07, 6.45) is 0. The molecule has 0 aromatic heterocycles. The number of hydrogen-bond donors (Lipinski definition) is 1. The maximum atomic E-state index is 11.1. The van der Waals surface area contributed by atoms with E-state index in [1.165, 1.54) is 6.07 Å². The molecule has 1 aromatic carbocycles. The van der Waals surface area contributed by atoms with E-state index in [0.717, 1.165) is 13.1 Å². The zero-order valence-corrected chi connectivity index (χ0v) is 10.7. The van der Waals surface area contributed by atoms with Crippen LogP contribution in [0, 0.1) is 22.0 Å². The number of nitrogens with zero attached hydrogens (tertiary/aromatic N) is 2. The summed E-state index contributed by atoms with van der Waals surface area (Å²) in [4.78, 5) is 12.7. The summed E-state index contributed by atoms with van der Waals surface area (Å²) in [7, 11) is 0. The van der Waals surface area contributed by atoms with E-state index in [9.17, 15) is 10.1 Å². The molecule has 2 unspecified atom stereocenters. The van der Waals surface area contributed by atoms with Gasteiger partial charge in [0.05, 0.1) is 11.5 Å². The normalized spacial score (nSPS) is 23.4. The zero-order valence-electron chi connectivity index (χ0n) is 10.7. The Labute approximate surface area is 106 Å². The number of aliphatic hydroxyl groups excluding tert-OH is 1. The van der Waals surface area contributed by atoms with Gasteiger partial charge in [0.25, 0.3) is 5.69 Å². The minimum atomic E-state index is -0.357. The van der Waals surface area contributed by atoms with Gasteiger partial charge < -0.3 is 10.0 Å². The summed E-state index contributed by atoms with van der Waals surface area (Å²) < 4.78 is 0. The number of anilines is 1. The van der Waals surface area contributed by atoms with Crippen molar-refractivity contribution in [1.29, 1.82) is 0 Å². The first-order valence-electron chi connectivity index (χ1n) is 6.16. The van der Waals surface area contributed by atoms with Crippen molar-refractivity contribution < 1.29 is 10.0 Å². The molecule has 98 valence electrons. The third-order valence-corrected chi connectivity index (χ3v) is 3.75. The molecule has 1 N–H and O–H groups in total. The quantitative estimate of drug-likeness (QED) is 0.659. The third-order valence-electron chi connectivity index (χ3n) is 3.75. The average Bonchev–Trinajstić information content (AvgIpc) is 2.68. The topological polar surface area (TPSA) is 66.6 Å². The summed E-state index contributed by atoms with van der Waals surface area (Å²) in [6, 6.07) is 4.81. The fourth-order valence-electron chi connectivity index (χ4n) is 2.40. The Hall–Kier alpha value is -1.62. The van der Waals surface area contributed by atoms with Crippen LogP contribution in [0.2, 0.25) is 0 Å². The van der Waals surface area contributed by atoms with Gasteiger partial charge in [-0.15, -0.1) is 0 Å². The molecule has 0 spiro atoms. The summed E-state index contributed by atoms with van der Waals surface area (Å²) in [6.45, 7) is 5.89. The molecule has 1 aromatic rings. The highest BCUT2D eigenvalue weighted by Crippen LogP contribution is 2.34. The largest absolute Gasteiger partial charge is 0.392 e. The molecule has 0 aliphatic carbocycles. The molecular formula is C13H18N2O3. The Bertz CT molecular complexity index is 452. The fraction of sp³-hybridized carbons (Fsp3) is 0.538. The van der Waals surface area contributed by atoms with Crippen molar-refractivity contribution in [3.8, 4) is 0 Å². The molecule has 18 heavy (non-hydrogen) atoms. The highest BCUT2D eigenvalue weighted by Gasteiger charge is 2.30. The van der Waals surface area contributed by atoms with Gasteiger partial charge in [-0.05, 0) is 29.5 Å². The third kappa shape index (κ3) is 2.31. The lowest BCUT2D eigenvalue weighted by Crippen LogP contribution is -2.21. The standard InChI is InChI=1S/C13H18N2O3/c1-9-6-14(7-10(9)2)13-5-11(8-16)3-4-12(13)15(17)18/h3-5,9-10,16H,6-8H2,1-2H3. The van der Waals surface area contributed by atoms with Crippen molar-refractivity contribution in [3.63, 3.8) is 0 Å². The Morgan fingerprint density at radius 1 is 1.39 bits per heavy atom. The Kier molecular flexibility index (Phi) is 3.52. The van der Waals surface area contributed by atoms with Crippen molar-refractivity contribution in [2.24, 2.45) is 11.8 Å². The molecular weight excluding hydrogens is 232 g/mol. The van der Waals surface area contributed by atoms with Crippen LogP contribution in [0.1, 0.15) is 19.4 Å². The lowest BCUT2D eigenvalue weighted by molar-refractivity contribution is -0.384. The molecule has 1 aliphatic heterocycles. The fourth-order valence-corrected chi connectivity index (χ4v) is 2.40. The average molecular weight is 250 g/mol. The zero-order chi connectivity index (χ0) is 13.3. The number of nitro benzene ring substituents is 1. The van der Waals surface area contributed by atoms with E-state index in [0.29, 0.717) is 23.1 Å². The Morgan fingerprint density at radius 2 is 2.00 bits per heavy atom. The highest BCUT2D eigenvalue weighted by atomic mass is 16.6. The molecule has 5 heteroatoms. The first-order valence-corrected chi connectivity index (χ1v) is 6.16. The van der Waals surface area contributed by atoms with Crippen molar-refractivity contribution >= 4 is 11.4 Å². The maximum Gasteiger partial charge on any atom is 0.292 e. The van der Waals surface area contributed by atoms with Crippen molar-refractivity contribution in [1.82, 2.24) is 0 Å². The second-order valence-corrected chi connectivity index (χ2v) is 5.10. The molecule has 0 radical (unpaired) electrons. The van der Waals surface area contributed by atoms with E-state index in [1.807, 2.05) is 4.90 Å². The molecule has 2 rings (SSSR count). The van der Waals surface area contributed by atoms with E-state index in [4.69, 9.17) is 5.11 Å². The predicted molar refractivity (Wildman–Crippen MR) is 69.6 cm³/mol. The first-order chi connectivity index (χ1) is 8.52. The second-order valence-electron chi connectivity index (χ2n) is 5.10. The minimum absolute atomic E-state index is 0.0933.